The number of nitrogens with one attached hydrogen (secondary N) is 3. The summed E-state index contributed by atoms with van der Waals surface area (Å²) in [5.41, 5.74) is 1.24. The summed E-state index contributed by atoms with van der Waals surface area (Å²) in [5.74, 6) is -0.233. The van der Waals surface area contributed by atoms with Crippen LogP contribution in [0.2, 0.25) is 0 Å². The number of carbonyl (C=O) groups excluding carboxylic acids is 3. The fraction of sp³-hybridized carbons (Fsp3) is 0.500. The van der Waals surface area contributed by atoms with Gasteiger partial charge in [-0.3, -0.25) is 4.79 Å². The lowest BCUT2D eigenvalue weighted by molar-refractivity contribution is 0.0368. The van der Waals surface area contributed by atoms with E-state index in [-0.39, 0.29) is 48.4 Å². The molecule has 5 amide bonds. The Balaban J connectivity index is 1.59. The number of aliphatic hydroxyl groups is 1. The van der Waals surface area contributed by atoms with E-state index in [1.54, 1.807) is 54.1 Å². The number of urea groups is 2. The van der Waals surface area contributed by atoms with E-state index in [1.807, 2.05) is 25.1 Å². The number of amides is 5. The van der Waals surface area contributed by atoms with E-state index in [9.17, 15) is 19.5 Å². The minimum Gasteiger partial charge on any atom is -0.485 e. The van der Waals surface area contributed by atoms with Gasteiger partial charge in [0.05, 0.1) is 30.4 Å². The first-order valence-corrected chi connectivity index (χ1v) is 14.1. The minimum absolute atomic E-state index is 0.157. The number of nitrogens with zero attached hydrogens (tertiary/aromatic N) is 2. The molecule has 1 heterocycles. The highest BCUT2D eigenvalue weighted by Crippen LogP contribution is 2.35. The first kappa shape index (κ1) is 29.2. The molecule has 216 valence electrons. The molecule has 4 N–H and O–H groups in total. The summed E-state index contributed by atoms with van der Waals surface area (Å²) in [7, 11) is 1.74. The van der Waals surface area contributed by atoms with Crippen molar-refractivity contribution in [2.24, 2.45) is 5.92 Å². The molecule has 10 heteroatoms. The van der Waals surface area contributed by atoms with E-state index in [2.05, 4.69) is 16.0 Å². The zero-order valence-electron chi connectivity index (χ0n) is 23.6. The van der Waals surface area contributed by atoms with Crippen LogP contribution in [0.1, 0.15) is 56.3 Å². The van der Waals surface area contributed by atoms with Gasteiger partial charge in [-0.15, -0.1) is 0 Å². The van der Waals surface area contributed by atoms with Crippen molar-refractivity contribution in [1.82, 2.24) is 15.1 Å². The summed E-state index contributed by atoms with van der Waals surface area (Å²) >= 11 is 0. The smallest absolute Gasteiger partial charge is 0.323 e. The predicted molar refractivity (Wildman–Crippen MR) is 155 cm³/mol. The first-order chi connectivity index (χ1) is 19.3. The minimum atomic E-state index is -0.484. The maximum absolute atomic E-state index is 13.7. The molecule has 0 radical (unpaired) electrons. The van der Waals surface area contributed by atoms with Crippen LogP contribution in [0, 0.1) is 5.92 Å². The zero-order valence-corrected chi connectivity index (χ0v) is 23.6. The summed E-state index contributed by atoms with van der Waals surface area (Å²) in [5, 5.41) is 18.7. The molecule has 2 aliphatic rings. The van der Waals surface area contributed by atoms with Crippen LogP contribution in [0.25, 0.3) is 0 Å². The number of hydrogen-bond acceptors (Lipinski definition) is 5. The topological polar surface area (TPSA) is 123 Å². The van der Waals surface area contributed by atoms with Crippen LogP contribution >= 0.6 is 0 Å². The molecular formula is C30H41N5O5. The summed E-state index contributed by atoms with van der Waals surface area (Å²) in [6, 6.07) is 13.2. The van der Waals surface area contributed by atoms with Crippen LogP contribution in [-0.2, 0) is 0 Å². The first-order valence-electron chi connectivity index (χ1n) is 14.1. The molecule has 10 nitrogen and oxygen atoms in total. The van der Waals surface area contributed by atoms with Gasteiger partial charge in [0, 0.05) is 31.2 Å². The fourth-order valence-electron chi connectivity index (χ4n) is 5.25. The molecule has 1 aliphatic carbocycles. The van der Waals surface area contributed by atoms with Crippen LogP contribution in [-0.4, -0.2) is 77.8 Å². The molecule has 4 rings (SSSR count). The van der Waals surface area contributed by atoms with Crippen LogP contribution in [0.5, 0.6) is 5.75 Å². The lowest BCUT2D eigenvalue weighted by Gasteiger charge is -2.38. The average molecular weight is 552 g/mol. The predicted octanol–water partition coefficient (Wildman–Crippen LogP) is 4.52. The Bertz CT molecular complexity index is 1170. The van der Waals surface area contributed by atoms with Gasteiger partial charge in [0.15, 0.2) is 5.75 Å². The van der Waals surface area contributed by atoms with Crippen LogP contribution < -0.4 is 20.7 Å². The van der Waals surface area contributed by atoms with Crippen molar-refractivity contribution in [2.45, 2.75) is 64.1 Å². The molecule has 0 saturated heterocycles. The number of anilines is 2. The number of benzene rings is 2. The van der Waals surface area contributed by atoms with Gasteiger partial charge in [-0.25, -0.2) is 9.59 Å². The highest BCUT2D eigenvalue weighted by Gasteiger charge is 2.35. The van der Waals surface area contributed by atoms with E-state index in [1.165, 1.54) is 6.42 Å². The van der Waals surface area contributed by atoms with Crippen LogP contribution in [0.3, 0.4) is 0 Å². The number of likely N-dealkylation sites (N-methyl/N-ethyl adjacent to an activating group) is 1. The second-order valence-corrected chi connectivity index (χ2v) is 10.9. The Hall–Kier alpha value is -3.79. The Labute approximate surface area is 236 Å². The van der Waals surface area contributed by atoms with Gasteiger partial charge in [0.2, 0.25) is 0 Å². The molecule has 40 heavy (non-hydrogen) atoms. The maximum Gasteiger partial charge on any atom is 0.323 e. The normalized spacial score (nSPS) is 20.3. The Morgan fingerprint density at radius 1 is 1.07 bits per heavy atom. The van der Waals surface area contributed by atoms with Gasteiger partial charge in [-0.05, 0) is 44.0 Å². The van der Waals surface area contributed by atoms with Crippen molar-refractivity contribution in [3.05, 3.63) is 54.1 Å². The Morgan fingerprint density at radius 3 is 2.50 bits per heavy atom. The van der Waals surface area contributed by atoms with Crippen molar-refractivity contribution in [1.29, 1.82) is 0 Å². The van der Waals surface area contributed by atoms with E-state index in [0.717, 1.165) is 25.7 Å². The number of para-hydroxylation sites is 2. The van der Waals surface area contributed by atoms with Gasteiger partial charge in [0.1, 0.15) is 6.10 Å². The lowest BCUT2D eigenvalue weighted by atomic mass is 9.96. The third-order valence-electron chi connectivity index (χ3n) is 7.70. The zero-order chi connectivity index (χ0) is 28.6. The highest BCUT2D eigenvalue weighted by atomic mass is 16.5. The van der Waals surface area contributed by atoms with Crippen LogP contribution in [0.15, 0.2) is 48.5 Å². The molecule has 0 unspecified atom stereocenters. The van der Waals surface area contributed by atoms with Gasteiger partial charge in [0.25, 0.3) is 5.91 Å². The van der Waals surface area contributed by atoms with E-state index < -0.39 is 18.2 Å². The third-order valence-corrected chi connectivity index (χ3v) is 7.70. The second-order valence-electron chi connectivity index (χ2n) is 10.9. The molecule has 3 atom stereocenters. The van der Waals surface area contributed by atoms with Gasteiger partial charge in [-0.2, -0.15) is 0 Å². The number of fused-ring (bicyclic) bond motifs is 1. The standard InChI is InChI=1S/C30H41N5O5/c1-20-17-35(21(2)19-36)28(37)24-15-10-16-25(33-29(38)31-22-11-6-4-7-12-22)27(24)40-26(20)18-34(3)30(39)32-23-13-8-5-9-14-23/h4,6-7,10-12,15-16,20-21,23,26,36H,5,8-9,13-14,17-19H2,1-3H3,(H,32,39)(H2,31,33,38)/t20-,21+,26+/m1/s1. The van der Waals surface area contributed by atoms with Crippen LogP contribution in [0.4, 0.5) is 21.0 Å². The summed E-state index contributed by atoms with van der Waals surface area (Å²) in [4.78, 5) is 42.8. The van der Waals surface area contributed by atoms with Gasteiger partial charge in [-0.1, -0.05) is 50.5 Å². The number of ether oxygens (including phenoxy) is 1. The largest absolute Gasteiger partial charge is 0.485 e. The van der Waals surface area contributed by atoms with Crippen molar-refractivity contribution < 1.29 is 24.2 Å². The molecule has 1 saturated carbocycles. The fourth-order valence-corrected chi connectivity index (χ4v) is 5.25. The highest BCUT2D eigenvalue weighted by molar-refractivity contribution is 6.04. The van der Waals surface area contributed by atoms with Gasteiger partial charge < -0.3 is 35.6 Å². The number of hydrogen-bond donors (Lipinski definition) is 4. The molecule has 0 bridgehead atoms. The third kappa shape index (κ3) is 7.24. The summed E-state index contributed by atoms with van der Waals surface area (Å²) in [6.45, 7) is 4.18. The molecule has 1 fully saturated rings. The quantitative estimate of drug-likeness (QED) is 0.403. The Morgan fingerprint density at radius 2 is 1.80 bits per heavy atom. The van der Waals surface area contributed by atoms with Crippen molar-refractivity contribution in [3.63, 3.8) is 0 Å². The summed E-state index contributed by atoms with van der Waals surface area (Å²) in [6.07, 6.45) is 4.93. The number of aliphatic hydroxyl groups excluding tert-OH is 1. The molecular weight excluding hydrogens is 510 g/mol. The number of rotatable bonds is 7. The van der Waals surface area contributed by atoms with Crippen molar-refractivity contribution >= 4 is 29.3 Å². The van der Waals surface area contributed by atoms with E-state index in [0.29, 0.717) is 17.9 Å². The molecule has 2 aromatic carbocycles. The Kier molecular flexibility index (Phi) is 9.87. The summed E-state index contributed by atoms with van der Waals surface area (Å²) < 4.78 is 6.50. The molecule has 1 aliphatic heterocycles. The SMILES string of the molecule is C[C@@H]1CN([C@@H](C)CO)C(=O)c2cccc(NC(=O)Nc3ccccc3)c2O[C@H]1CN(C)C(=O)NC1CCCCC1. The molecule has 0 spiro atoms. The molecule has 2 aromatic rings. The average Bonchev–Trinajstić information content (AvgIpc) is 2.95. The second kappa shape index (κ2) is 13.5. The van der Waals surface area contributed by atoms with E-state index in [4.69, 9.17) is 4.74 Å². The van der Waals surface area contributed by atoms with Gasteiger partial charge >= 0.3 is 12.1 Å². The van der Waals surface area contributed by atoms with Crippen molar-refractivity contribution in [3.8, 4) is 5.75 Å². The maximum atomic E-state index is 13.7. The lowest BCUT2D eigenvalue weighted by Crippen LogP contribution is -2.52. The van der Waals surface area contributed by atoms with Crippen molar-refractivity contribution in [2.75, 3.05) is 37.4 Å². The monoisotopic (exact) mass is 551 g/mol. The van der Waals surface area contributed by atoms with E-state index >= 15 is 0 Å². The molecule has 0 aromatic heterocycles. The number of carbonyl (C=O) groups is 3.